The molecule has 3 aromatic heterocycles. The van der Waals surface area contributed by atoms with Crippen LogP contribution in [-0.4, -0.2) is 30.5 Å². The first-order valence-electron chi connectivity index (χ1n) is 8.84. The van der Waals surface area contributed by atoms with Gasteiger partial charge in [-0.25, -0.2) is 0 Å². The molecule has 1 amide bonds. The monoisotopic (exact) mass is 424 g/mol. The second-order valence-corrected chi connectivity index (χ2v) is 7.10. The second kappa shape index (κ2) is 7.18. The van der Waals surface area contributed by atoms with Gasteiger partial charge in [0.25, 0.3) is 5.91 Å². The van der Waals surface area contributed by atoms with E-state index >= 15 is 0 Å². The van der Waals surface area contributed by atoms with Crippen LogP contribution in [0.5, 0.6) is 0 Å². The van der Waals surface area contributed by atoms with Gasteiger partial charge in [-0.1, -0.05) is 11.6 Å². The maximum Gasteiger partial charge on any atom is 0.433 e. The number of hydrogen-bond acceptors (Lipinski definition) is 4. The number of carbonyl (C=O) groups is 1. The van der Waals surface area contributed by atoms with E-state index in [1.807, 2.05) is 0 Å². The molecule has 0 radical (unpaired) electrons. The molecule has 7 nitrogen and oxygen atoms in total. The number of nitrogens with zero attached hydrogens (tertiary/aromatic N) is 5. The molecule has 0 aliphatic carbocycles. The summed E-state index contributed by atoms with van der Waals surface area (Å²) < 4.78 is 42.0. The number of amides is 1. The molecule has 0 bridgehead atoms. The number of aryl methyl sites for hydroxylation is 2. The third-order valence-corrected chi connectivity index (χ3v) is 5.24. The van der Waals surface area contributed by atoms with E-state index in [4.69, 9.17) is 11.6 Å². The Labute approximate surface area is 168 Å². The molecular weight excluding hydrogens is 409 g/mol. The van der Waals surface area contributed by atoms with Gasteiger partial charge in [0.2, 0.25) is 0 Å². The lowest BCUT2D eigenvalue weighted by molar-refractivity contribution is -0.141. The van der Waals surface area contributed by atoms with E-state index in [0.29, 0.717) is 24.2 Å². The fraction of sp³-hybridized carbons (Fsp3) is 0.333. The van der Waals surface area contributed by atoms with Gasteiger partial charge in [0, 0.05) is 25.4 Å². The predicted octanol–water partition coefficient (Wildman–Crippen LogP) is 3.62. The first-order valence-corrected chi connectivity index (χ1v) is 9.21. The highest BCUT2D eigenvalue weighted by Crippen LogP contribution is 2.33. The standard InChI is InChI=1S/C18H16ClF3N6O/c1-27-16(19)11(9-24-27)17(29)25-12-3-2-6-28-14(12)8-13(26-28)10-4-5-23-15(7-10)18(20,21)22/h4-5,7-9,12H,2-3,6H2,1H3,(H,25,29)/t12-/m1/s1. The van der Waals surface area contributed by atoms with Crippen LogP contribution in [0.2, 0.25) is 5.15 Å². The largest absolute Gasteiger partial charge is 0.433 e. The van der Waals surface area contributed by atoms with Gasteiger partial charge in [-0.05, 0) is 31.0 Å². The Bertz CT molecular complexity index is 1070. The highest BCUT2D eigenvalue weighted by molar-refractivity contribution is 6.32. The summed E-state index contributed by atoms with van der Waals surface area (Å²) in [6.45, 7) is 0.618. The van der Waals surface area contributed by atoms with Crippen molar-refractivity contribution in [2.24, 2.45) is 7.05 Å². The Hall–Kier alpha value is -2.88. The number of carbonyl (C=O) groups excluding carboxylic acids is 1. The Morgan fingerprint density at radius 2 is 2.14 bits per heavy atom. The number of fused-ring (bicyclic) bond motifs is 1. The van der Waals surface area contributed by atoms with Gasteiger partial charge in [-0.3, -0.25) is 19.1 Å². The second-order valence-electron chi connectivity index (χ2n) is 6.75. The van der Waals surface area contributed by atoms with Gasteiger partial charge in [-0.2, -0.15) is 23.4 Å². The normalized spacial score (nSPS) is 16.5. The zero-order valence-electron chi connectivity index (χ0n) is 15.2. The van der Waals surface area contributed by atoms with E-state index in [9.17, 15) is 18.0 Å². The van der Waals surface area contributed by atoms with E-state index in [0.717, 1.165) is 24.4 Å². The van der Waals surface area contributed by atoms with Crippen molar-refractivity contribution in [3.63, 3.8) is 0 Å². The molecular formula is C18H16ClF3N6O. The molecule has 1 N–H and O–H groups in total. The molecule has 11 heteroatoms. The Balaban J connectivity index is 1.62. The van der Waals surface area contributed by atoms with Gasteiger partial charge < -0.3 is 5.32 Å². The first-order chi connectivity index (χ1) is 13.7. The average molecular weight is 425 g/mol. The van der Waals surface area contributed by atoms with Gasteiger partial charge in [0.15, 0.2) is 0 Å². The number of hydrogen-bond donors (Lipinski definition) is 1. The van der Waals surface area contributed by atoms with Crippen molar-refractivity contribution in [1.29, 1.82) is 0 Å². The molecule has 152 valence electrons. The quantitative estimate of drug-likeness (QED) is 0.696. The molecule has 3 aromatic rings. The lowest BCUT2D eigenvalue weighted by atomic mass is 10.0. The van der Waals surface area contributed by atoms with Crippen LogP contribution in [0.25, 0.3) is 11.3 Å². The maximum absolute atomic E-state index is 13.0. The highest BCUT2D eigenvalue weighted by atomic mass is 35.5. The Morgan fingerprint density at radius 1 is 1.34 bits per heavy atom. The Kier molecular flexibility index (Phi) is 4.81. The molecule has 4 rings (SSSR count). The molecule has 0 saturated heterocycles. The lowest BCUT2D eigenvalue weighted by Gasteiger charge is -2.24. The fourth-order valence-corrected chi connectivity index (χ4v) is 3.51. The van der Waals surface area contributed by atoms with Gasteiger partial charge in [0.05, 0.1) is 29.2 Å². The number of alkyl halides is 3. The molecule has 0 saturated carbocycles. The SMILES string of the molecule is Cn1ncc(C(=O)N[C@@H]2CCCn3nc(-c4ccnc(C(F)(F)F)c4)cc32)c1Cl. The summed E-state index contributed by atoms with van der Waals surface area (Å²) in [6, 6.07) is 3.81. The maximum atomic E-state index is 13.0. The molecule has 0 fully saturated rings. The van der Waals surface area contributed by atoms with Crippen LogP contribution < -0.4 is 5.32 Å². The predicted molar refractivity (Wildman–Crippen MR) is 98.1 cm³/mol. The minimum absolute atomic E-state index is 0.226. The van der Waals surface area contributed by atoms with Crippen molar-refractivity contribution in [3.8, 4) is 11.3 Å². The van der Waals surface area contributed by atoms with E-state index in [2.05, 4.69) is 20.5 Å². The van der Waals surface area contributed by atoms with Crippen LogP contribution >= 0.6 is 11.6 Å². The summed E-state index contributed by atoms with van der Waals surface area (Å²) in [5, 5.41) is 11.5. The number of pyridine rings is 1. The van der Waals surface area contributed by atoms with Crippen molar-refractivity contribution < 1.29 is 18.0 Å². The molecule has 0 unspecified atom stereocenters. The number of nitrogens with one attached hydrogen (secondary N) is 1. The van der Waals surface area contributed by atoms with Crippen LogP contribution in [0.4, 0.5) is 13.2 Å². The average Bonchev–Trinajstić information content (AvgIpc) is 3.26. The minimum Gasteiger partial charge on any atom is -0.344 e. The molecule has 0 aromatic carbocycles. The summed E-state index contributed by atoms with van der Waals surface area (Å²) in [6.07, 6.45) is -0.587. The van der Waals surface area contributed by atoms with E-state index in [1.165, 1.54) is 16.9 Å². The zero-order chi connectivity index (χ0) is 20.8. The third-order valence-electron chi connectivity index (χ3n) is 4.79. The van der Waals surface area contributed by atoms with Crippen molar-refractivity contribution >= 4 is 17.5 Å². The molecule has 4 heterocycles. The summed E-state index contributed by atoms with van der Waals surface area (Å²) in [4.78, 5) is 16.0. The van der Waals surface area contributed by atoms with Crippen molar-refractivity contribution in [3.05, 3.63) is 52.7 Å². The van der Waals surface area contributed by atoms with Crippen LogP contribution in [0.1, 0.15) is 40.6 Å². The topological polar surface area (TPSA) is 77.6 Å². The molecule has 0 spiro atoms. The fourth-order valence-electron chi connectivity index (χ4n) is 3.33. The minimum atomic E-state index is -4.53. The number of aromatic nitrogens is 5. The number of rotatable bonds is 3. The van der Waals surface area contributed by atoms with Crippen molar-refractivity contribution in [1.82, 2.24) is 29.9 Å². The van der Waals surface area contributed by atoms with Crippen LogP contribution in [-0.2, 0) is 19.8 Å². The van der Waals surface area contributed by atoms with Crippen molar-refractivity contribution in [2.45, 2.75) is 31.6 Å². The van der Waals surface area contributed by atoms with Crippen LogP contribution in [0.15, 0.2) is 30.6 Å². The molecule has 29 heavy (non-hydrogen) atoms. The lowest BCUT2D eigenvalue weighted by Crippen LogP contribution is -2.32. The molecule has 1 aliphatic heterocycles. The van der Waals surface area contributed by atoms with E-state index < -0.39 is 11.9 Å². The number of halogens is 4. The van der Waals surface area contributed by atoms with Crippen LogP contribution in [0, 0.1) is 0 Å². The van der Waals surface area contributed by atoms with E-state index in [1.54, 1.807) is 17.8 Å². The van der Waals surface area contributed by atoms with Gasteiger partial charge in [0.1, 0.15) is 10.8 Å². The van der Waals surface area contributed by atoms with Crippen LogP contribution in [0.3, 0.4) is 0 Å². The summed E-state index contributed by atoms with van der Waals surface area (Å²) in [7, 11) is 1.63. The summed E-state index contributed by atoms with van der Waals surface area (Å²) in [5.41, 5.74) is 0.722. The molecule has 1 aliphatic rings. The third kappa shape index (κ3) is 3.71. The Morgan fingerprint density at radius 3 is 2.83 bits per heavy atom. The molecule has 1 atom stereocenters. The highest BCUT2D eigenvalue weighted by Gasteiger charge is 2.33. The summed E-state index contributed by atoms with van der Waals surface area (Å²) in [5.74, 6) is -0.368. The zero-order valence-corrected chi connectivity index (χ0v) is 16.0. The first kappa shape index (κ1) is 19.4. The smallest absolute Gasteiger partial charge is 0.344 e. The van der Waals surface area contributed by atoms with Gasteiger partial charge in [-0.15, -0.1) is 0 Å². The van der Waals surface area contributed by atoms with Gasteiger partial charge >= 0.3 is 6.18 Å². The van der Waals surface area contributed by atoms with Crippen molar-refractivity contribution in [2.75, 3.05) is 0 Å². The van der Waals surface area contributed by atoms with E-state index in [-0.39, 0.29) is 22.7 Å². The summed E-state index contributed by atoms with van der Waals surface area (Å²) >= 11 is 6.08.